The summed E-state index contributed by atoms with van der Waals surface area (Å²) in [6, 6.07) is 31.4. The molecule has 0 aliphatic heterocycles. The number of aliphatic hydroxyl groups is 2. The molecule has 0 amide bonds. The third-order valence-electron chi connectivity index (χ3n) is 7.87. The smallest absolute Gasteiger partial charge is 0.128 e. The van der Waals surface area contributed by atoms with Crippen LogP contribution in [0.15, 0.2) is 122 Å². The number of hydrogen-bond acceptors (Lipinski definition) is 6. The zero-order valence-electron chi connectivity index (χ0n) is 24.7. The summed E-state index contributed by atoms with van der Waals surface area (Å²) in [5, 5.41) is 46.1. The van der Waals surface area contributed by atoms with Crippen LogP contribution < -0.4 is 5.73 Å². The van der Waals surface area contributed by atoms with E-state index in [9.17, 15) is 10.2 Å². The number of nitriles is 1. The number of H-pyrrole nitrogens is 2. The Hall–Kier alpha value is -4.75. The Kier molecular flexibility index (Phi) is 10.3. The van der Waals surface area contributed by atoms with Crippen molar-refractivity contribution in [3.63, 3.8) is 0 Å². The molecule has 0 radical (unpaired) electrons. The maximum absolute atomic E-state index is 11.2. The van der Waals surface area contributed by atoms with E-state index >= 15 is 0 Å². The molecule has 6 N–H and O–H groups in total. The third-order valence-corrected chi connectivity index (χ3v) is 8.38. The van der Waals surface area contributed by atoms with Crippen LogP contribution in [0, 0.1) is 11.3 Å². The summed E-state index contributed by atoms with van der Waals surface area (Å²) in [4.78, 5) is 0. The molecule has 6 aromatic rings. The van der Waals surface area contributed by atoms with Gasteiger partial charge in [-0.25, -0.2) is 0 Å². The molecule has 6 rings (SSSR count). The van der Waals surface area contributed by atoms with E-state index in [1.165, 1.54) is 0 Å². The molecule has 2 atom stereocenters. The first-order chi connectivity index (χ1) is 22.3. The maximum Gasteiger partial charge on any atom is 0.128 e. The maximum atomic E-state index is 11.2. The quantitative estimate of drug-likeness (QED) is 0.112. The van der Waals surface area contributed by atoms with Crippen molar-refractivity contribution in [1.82, 2.24) is 20.4 Å². The summed E-state index contributed by atoms with van der Waals surface area (Å²) in [6.45, 7) is 0.378. The van der Waals surface area contributed by atoms with Crippen LogP contribution in [0.2, 0.25) is 10.0 Å². The molecule has 46 heavy (non-hydrogen) atoms. The Labute approximate surface area is 277 Å². The van der Waals surface area contributed by atoms with Crippen LogP contribution in [-0.2, 0) is 11.2 Å². The Morgan fingerprint density at radius 2 is 0.978 bits per heavy atom. The predicted molar refractivity (Wildman–Crippen MR) is 181 cm³/mol. The standard InChI is InChI=1S/C18H18ClN3O.C18H14ClN3O/c2*19-17-7-5-16(6-8-17)18(23,9-10-20)15-3-1-13(2-4-15)14-11-21-22-12-14/h1-8,11-12,23H,9-10,20H2,(H,21,22);1-8,11-12,23H,9H2,(H,21,22). The molecule has 4 aromatic carbocycles. The number of nitrogens with two attached hydrogens (primary N) is 1. The Morgan fingerprint density at radius 3 is 1.30 bits per heavy atom. The number of halogens is 2. The van der Waals surface area contributed by atoms with Crippen molar-refractivity contribution >= 4 is 23.2 Å². The van der Waals surface area contributed by atoms with E-state index in [0.29, 0.717) is 34.1 Å². The highest BCUT2D eigenvalue weighted by molar-refractivity contribution is 6.30. The number of hydrogen-bond donors (Lipinski definition) is 5. The van der Waals surface area contributed by atoms with Crippen molar-refractivity contribution < 1.29 is 10.2 Å². The number of nitrogens with zero attached hydrogens (tertiary/aromatic N) is 3. The van der Waals surface area contributed by atoms with Crippen LogP contribution in [0.5, 0.6) is 0 Å². The molecular formula is C36H32Cl2N6O2. The molecule has 0 saturated heterocycles. The van der Waals surface area contributed by atoms with E-state index in [2.05, 4.69) is 26.5 Å². The number of nitrogens with one attached hydrogen (secondary N) is 2. The van der Waals surface area contributed by atoms with E-state index in [-0.39, 0.29) is 6.42 Å². The van der Waals surface area contributed by atoms with E-state index in [0.717, 1.165) is 33.4 Å². The zero-order chi connectivity index (χ0) is 32.6. The van der Waals surface area contributed by atoms with E-state index in [4.69, 9.17) is 34.2 Å². The highest BCUT2D eigenvalue weighted by Crippen LogP contribution is 2.36. The molecule has 10 heteroatoms. The monoisotopic (exact) mass is 650 g/mol. The first-order valence-corrected chi connectivity index (χ1v) is 15.3. The van der Waals surface area contributed by atoms with E-state index in [1.807, 2.05) is 66.9 Å². The van der Waals surface area contributed by atoms with Crippen molar-refractivity contribution in [3.8, 4) is 28.3 Å². The number of aromatic nitrogens is 4. The van der Waals surface area contributed by atoms with Gasteiger partial charge in [0.05, 0.1) is 24.9 Å². The van der Waals surface area contributed by atoms with Crippen LogP contribution in [-0.4, -0.2) is 37.2 Å². The topological polar surface area (TPSA) is 148 Å². The van der Waals surface area contributed by atoms with Crippen LogP contribution in [0.3, 0.4) is 0 Å². The molecule has 0 aliphatic carbocycles. The number of benzene rings is 4. The van der Waals surface area contributed by atoms with Crippen LogP contribution in [0.1, 0.15) is 35.1 Å². The van der Waals surface area contributed by atoms with Gasteiger partial charge in [-0.1, -0.05) is 96.0 Å². The Morgan fingerprint density at radius 1 is 0.609 bits per heavy atom. The van der Waals surface area contributed by atoms with Gasteiger partial charge in [0.1, 0.15) is 11.2 Å². The molecule has 0 aliphatic rings. The fraction of sp³-hybridized carbons (Fsp3) is 0.139. The lowest BCUT2D eigenvalue weighted by Crippen LogP contribution is -2.30. The molecule has 0 spiro atoms. The molecule has 0 saturated carbocycles. The minimum atomic E-state index is -1.37. The minimum absolute atomic E-state index is 0.0420. The van der Waals surface area contributed by atoms with Gasteiger partial charge in [-0.15, -0.1) is 0 Å². The molecule has 0 bridgehead atoms. The number of rotatable bonds is 9. The summed E-state index contributed by atoms with van der Waals surface area (Å²) < 4.78 is 0. The van der Waals surface area contributed by atoms with E-state index in [1.54, 1.807) is 55.0 Å². The second kappa shape index (κ2) is 14.6. The molecule has 0 fully saturated rings. The second-order valence-electron chi connectivity index (χ2n) is 10.7. The predicted octanol–water partition coefficient (Wildman–Crippen LogP) is 7.19. The van der Waals surface area contributed by atoms with Crippen LogP contribution in [0.25, 0.3) is 22.3 Å². The summed E-state index contributed by atoms with van der Waals surface area (Å²) in [5.41, 5.74) is 10.1. The lowest BCUT2D eigenvalue weighted by atomic mass is 9.83. The fourth-order valence-electron chi connectivity index (χ4n) is 5.29. The third kappa shape index (κ3) is 7.21. The van der Waals surface area contributed by atoms with Gasteiger partial charge in [0, 0.05) is 33.6 Å². The molecule has 2 heterocycles. The van der Waals surface area contributed by atoms with Gasteiger partial charge in [-0.2, -0.15) is 15.5 Å². The van der Waals surface area contributed by atoms with Gasteiger partial charge in [0.2, 0.25) is 0 Å². The second-order valence-corrected chi connectivity index (χ2v) is 11.6. The van der Waals surface area contributed by atoms with Crippen LogP contribution in [0.4, 0.5) is 0 Å². The average molecular weight is 652 g/mol. The summed E-state index contributed by atoms with van der Waals surface area (Å²) in [7, 11) is 0. The van der Waals surface area contributed by atoms with Crippen LogP contribution >= 0.6 is 23.2 Å². The number of aromatic amines is 2. The largest absolute Gasteiger partial charge is 0.380 e. The zero-order valence-corrected chi connectivity index (χ0v) is 26.2. The minimum Gasteiger partial charge on any atom is -0.380 e. The lowest BCUT2D eigenvalue weighted by Gasteiger charge is -2.29. The highest BCUT2D eigenvalue weighted by atomic mass is 35.5. The summed E-state index contributed by atoms with van der Waals surface area (Å²) in [6.07, 6.45) is 7.52. The lowest BCUT2D eigenvalue weighted by molar-refractivity contribution is 0.0737. The van der Waals surface area contributed by atoms with Crippen molar-refractivity contribution in [2.75, 3.05) is 6.54 Å². The van der Waals surface area contributed by atoms with Gasteiger partial charge in [0.25, 0.3) is 0 Å². The van der Waals surface area contributed by atoms with Gasteiger partial charge < -0.3 is 15.9 Å². The Bertz CT molecular complexity index is 1850. The SMILES string of the molecule is N#CCC(O)(c1ccc(Cl)cc1)c1ccc(-c2cn[nH]c2)cc1.NCCC(O)(c1ccc(Cl)cc1)c1ccc(-c2cn[nH]c2)cc1. The van der Waals surface area contributed by atoms with Gasteiger partial charge in [-0.3, -0.25) is 10.2 Å². The van der Waals surface area contributed by atoms with Gasteiger partial charge in [0.15, 0.2) is 0 Å². The molecule has 2 aromatic heterocycles. The van der Waals surface area contributed by atoms with Crippen molar-refractivity contribution in [2.24, 2.45) is 5.73 Å². The summed E-state index contributed by atoms with van der Waals surface area (Å²) >= 11 is 11.9. The fourth-order valence-corrected chi connectivity index (χ4v) is 5.55. The van der Waals surface area contributed by atoms with Crippen molar-refractivity contribution in [3.05, 3.63) is 154 Å². The first-order valence-electron chi connectivity index (χ1n) is 14.5. The average Bonchev–Trinajstić information content (AvgIpc) is 3.82. The molecular weight excluding hydrogens is 619 g/mol. The molecule has 2 unspecified atom stereocenters. The summed E-state index contributed by atoms with van der Waals surface area (Å²) in [5.74, 6) is 0. The molecule has 8 nitrogen and oxygen atoms in total. The van der Waals surface area contributed by atoms with Crippen molar-refractivity contribution in [1.29, 1.82) is 5.26 Å². The van der Waals surface area contributed by atoms with Gasteiger partial charge in [-0.05, 0) is 70.6 Å². The van der Waals surface area contributed by atoms with Crippen molar-refractivity contribution in [2.45, 2.75) is 24.0 Å². The molecule has 232 valence electrons. The Balaban J connectivity index is 0.000000181. The highest BCUT2D eigenvalue weighted by Gasteiger charge is 2.32. The van der Waals surface area contributed by atoms with E-state index < -0.39 is 11.2 Å². The van der Waals surface area contributed by atoms with Gasteiger partial charge >= 0.3 is 0 Å². The normalized spacial score (nSPS) is 13.5. The first kappa shape index (κ1) is 32.6.